The van der Waals surface area contributed by atoms with Crippen molar-refractivity contribution in [2.24, 2.45) is 0 Å². The summed E-state index contributed by atoms with van der Waals surface area (Å²) in [7, 11) is 3.26. The summed E-state index contributed by atoms with van der Waals surface area (Å²) in [6.45, 7) is 0.596. The van der Waals surface area contributed by atoms with E-state index < -0.39 is 0 Å². The molecule has 1 rings (SSSR count). The lowest BCUT2D eigenvalue weighted by molar-refractivity contribution is 0.184. The first-order chi connectivity index (χ1) is 5.36. The number of methoxy groups -OCH3 is 2. The van der Waals surface area contributed by atoms with Gasteiger partial charge in [-0.05, 0) is 11.6 Å². The molecule has 0 aliphatic heterocycles. The van der Waals surface area contributed by atoms with E-state index in [1.165, 1.54) is 0 Å². The van der Waals surface area contributed by atoms with E-state index in [1.54, 1.807) is 20.4 Å². The van der Waals surface area contributed by atoms with Crippen LogP contribution in [0.25, 0.3) is 0 Å². The normalized spacial score (nSPS) is 9.64. The van der Waals surface area contributed by atoms with Gasteiger partial charge in [-0.1, -0.05) is 0 Å². The van der Waals surface area contributed by atoms with E-state index in [4.69, 9.17) is 9.47 Å². The van der Waals surface area contributed by atoms with Gasteiger partial charge in [0.15, 0.2) is 0 Å². The van der Waals surface area contributed by atoms with Crippen molar-refractivity contribution in [1.29, 1.82) is 0 Å². The SMILES string of the molecule is COCc1ccnc(OC)c1. The summed E-state index contributed by atoms with van der Waals surface area (Å²) in [5.74, 6) is 0.625. The standard InChI is InChI=1S/C8H11NO2/c1-10-6-7-3-4-9-8(5-7)11-2/h3-5H,6H2,1-2H3. The van der Waals surface area contributed by atoms with Crippen LogP contribution in [0.2, 0.25) is 0 Å². The Morgan fingerprint density at radius 2 is 2.27 bits per heavy atom. The molecule has 0 aliphatic carbocycles. The molecule has 11 heavy (non-hydrogen) atoms. The molecule has 3 heteroatoms. The molecule has 3 nitrogen and oxygen atoms in total. The molecule has 0 saturated heterocycles. The molecular formula is C8H11NO2. The Labute approximate surface area is 66.0 Å². The lowest BCUT2D eigenvalue weighted by atomic mass is 10.3. The van der Waals surface area contributed by atoms with Crippen molar-refractivity contribution < 1.29 is 9.47 Å². The molecule has 1 heterocycles. The molecule has 1 aromatic heterocycles. The fourth-order valence-electron chi connectivity index (χ4n) is 0.819. The molecule has 0 amide bonds. The average Bonchev–Trinajstić information content (AvgIpc) is 2.06. The van der Waals surface area contributed by atoms with E-state index in [0.29, 0.717) is 12.5 Å². The molecule has 0 radical (unpaired) electrons. The van der Waals surface area contributed by atoms with Crippen LogP contribution in [0.5, 0.6) is 5.88 Å². The van der Waals surface area contributed by atoms with Crippen LogP contribution in [-0.4, -0.2) is 19.2 Å². The minimum Gasteiger partial charge on any atom is -0.481 e. The number of rotatable bonds is 3. The van der Waals surface area contributed by atoms with Crippen molar-refractivity contribution in [3.05, 3.63) is 23.9 Å². The number of aromatic nitrogens is 1. The van der Waals surface area contributed by atoms with Gasteiger partial charge in [-0.25, -0.2) is 4.98 Å². The smallest absolute Gasteiger partial charge is 0.213 e. The highest BCUT2D eigenvalue weighted by Gasteiger charge is 1.94. The molecular weight excluding hydrogens is 142 g/mol. The third-order valence-electron chi connectivity index (χ3n) is 1.32. The van der Waals surface area contributed by atoms with Gasteiger partial charge >= 0.3 is 0 Å². The Morgan fingerprint density at radius 1 is 1.45 bits per heavy atom. The number of ether oxygens (including phenoxy) is 2. The van der Waals surface area contributed by atoms with Crippen molar-refractivity contribution in [1.82, 2.24) is 4.98 Å². The summed E-state index contributed by atoms with van der Waals surface area (Å²) < 4.78 is 9.88. The molecule has 0 unspecified atom stereocenters. The highest BCUT2D eigenvalue weighted by molar-refractivity contribution is 5.19. The fourth-order valence-corrected chi connectivity index (χ4v) is 0.819. The topological polar surface area (TPSA) is 31.4 Å². The van der Waals surface area contributed by atoms with Crippen LogP contribution in [0.15, 0.2) is 18.3 Å². The second-order valence-corrected chi connectivity index (χ2v) is 2.14. The Kier molecular flexibility index (Phi) is 2.86. The fraction of sp³-hybridized carbons (Fsp3) is 0.375. The molecule has 0 N–H and O–H groups in total. The van der Waals surface area contributed by atoms with Gasteiger partial charge < -0.3 is 9.47 Å². The summed E-state index contributed by atoms with van der Waals surface area (Å²) in [5, 5.41) is 0. The highest BCUT2D eigenvalue weighted by atomic mass is 16.5. The zero-order valence-corrected chi connectivity index (χ0v) is 6.70. The van der Waals surface area contributed by atoms with Gasteiger partial charge in [0.2, 0.25) is 5.88 Å². The molecule has 60 valence electrons. The summed E-state index contributed by atoms with van der Waals surface area (Å²) in [6.07, 6.45) is 1.70. The van der Waals surface area contributed by atoms with Crippen LogP contribution in [0.4, 0.5) is 0 Å². The van der Waals surface area contributed by atoms with E-state index >= 15 is 0 Å². The molecule has 0 aromatic carbocycles. The first-order valence-corrected chi connectivity index (χ1v) is 3.34. The second-order valence-electron chi connectivity index (χ2n) is 2.14. The quantitative estimate of drug-likeness (QED) is 0.654. The Morgan fingerprint density at radius 3 is 2.91 bits per heavy atom. The van der Waals surface area contributed by atoms with E-state index in [-0.39, 0.29) is 0 Å². The molecule has 0 saturated carbocycles. The minimum absolute atomic E-state index is 0.596. The zero-order valence-electron chi connectivity index (χ0n) is 6.70. The summed E-state index contributed by atoms with van der Waals surface area (Å²) >= 11 is 0. The molecule has 0 spiro atoms. The predicted molar refractivity (Wildman–Crippen MR) is 41.5 cm³/mol. The van der Waals surface area contributed by atoms with Crippen molar-refractivity contribution >= 4 is 0 Å². The maximum absolute atomic E-state index is 4.94. The van der Waals surface area contributed by atoms with E-state index in [9.17, 15) is 0 Å². The van der Waals surface area contributed by atoms with Crippen LogP contribution < -0.4 is 4.74 Å². The van der Waals surface area contributed by atoms with Crippen molar-refractivity contribution in [2.45, 2.75) is 6.61 Å². The number of nitrogens with zero attached hydrogens (tertiary/aromatic N) is 1. The van der Waals surface area contributed by atoms with Crippen LogP contribution in [-0.2, 0) is 11.3 Å². The van der Waals surface area contributed by atoms with E-state index in [1.807, 2.05) is 12.1 Å². The van der Waals surface area contributed by atoms with Crippen molar-refractivity contribution in [3.63, 3.8) is 0 Å². The Hall–Kier alpha value is -1.09. The second kappa shape index (κ2) is 3.93. The highest BCUT2D eigenvalue weighted by Crippen LogP contribution is 2.08. The van der Waals surface area contributed by atoms with Gasteiger partial charge in [0.05, 0.1) is 13.7 Å². The third-order valence-corrected chi connectivity index (χ3v) is 1.32. The van der Waals surface area contributed by atoms with E-state index in [0.717, 1.165) is 5.56 Å². The first-order valence-electron chi connectivity index (χ1n) is 3.34. The number of hydrogen-bond acceptors (Lipinski definition) is 3. The molecule has 0 bridgehead atoms. The third kappa shape index (κ3) is 2.20. The zero-order chi connectivity index (χ0) is 8.10. The van der Waals surface area contributed by atoms with Crippen molar-refractivity contribution in [2.75, 3.05) is 14.2 Å². The molecule has 1 aromatic rings. The van der Waals surface area contributed by atoms with Crippen LogP contribution in [0.3, 0.4) is 0 Å². The van der Waals surface area contributed by atoms with Crippen LogP contribution in [0.1, 0.15) is 5.56 Å². The molecule has 0 fully saturated rings. The monoisotopic (exact) mass is 153 g/mol. The van der Waals surface area contributed by atoms with Crippen molar-refractivity contribution in [3.8, 4) is 5.88 Å². The first kappa shape index (κ1) is 8.01. The summed E-state index contributed by atoms with van der Waals surface area (Å²) in [5.41, 5.74) is 1.07. The maximum Gasteiger partial charge on any atom is 0.213 e. The Balaban J connectivity index is 2.74. The summed E-state index contributed by atoms with van der Waals surface area (Å²) in [4.78, 5) is 3.96. The van der Waals surface area contributed by atoms with Gasteiger partial charge in [-0.2, -0.15) is 0 Å². The van der Waals surface area contributed by atoms with E-state index in [2.05, 4.69) is 4.98 Å². The summed E-state index contributed by atoms with van der Waals surface area (Å²) in [6, 6.07) is 3.75. The lowest BCUT2D eigenvalue weighted by Crippen LogP contribution is -1.91. The lowest BCUT2D eigenvalue weighted by Gasteiger charge is -2.01. The Bertz CT molecular complexity index is 225. The predicted octanol–water partition coefficient (Wildman–Crippen LogP) is 1.24. The van der Waals surface area contributed by atoms with Gasteiger partial charge in [0.25, 0.3) is 0 Å². The molecule has 0 atom stereocenters. The van der Waals surface area contributed by atoms with Gasteiger partial charge in [-0.3, -0.25) is 0 Å². The van der Waals surface area contributed by atoms with Gasteiger partial charge in [0.1, 0.15) is 0 Å². The van der Waals surface area contributed by atoms with Crippen LogP contribution >= 0.6 is 0 Å². The maximum atomic E-state index is 4.94. The van der Waals surface area contributed by atoms with Gasteiger partial charge in [0, 0.05) is 19.4 Å². The molecule has 0 aliphatic rings. The van der Waals surface area contributed by atoms with Gasteiger partial charge in [-0.15, -0.1) is 0 Å². The number of hydrogen-bond donors (Lipinski definition) is 0. The minimum atomic E-state index is 0.596. The largest absolute Gasteiger partial charge is 0.481 e. The van der Waals surface area contributed by atoms with Crippen LogP contribution in [0, 0.1) is 0 Å². The average molecular weight is 153 g/mol. The number of pyridine rings is 1.